The van der Waals surface area contributed by atoms with E-state index in [1.165, 1.54) is 0 Å². The SMILES string of the molecule is O=CCCC1CCC(=O)N1. The summed E-state index contributed by atoms with van der Waals surface area (Å²) in [5, 5.41) is 2.79. The molecule has 1 N–H and O–H groups in total. The number of nitrogens with one attached hydrogen (secondary N) is 1. The molecule has 1 rings (SSSR count). The number of aldehydes is 1. The van der Waals surface area contributed by atoms with Gasteiger partial charge in [0.05, 0.1) is 0 Å². The lowest BCUT2D eigenvalue weighted by molar-refractivity contribution is -0.119. The molecule has 56 valence electrons. The summed E-state index contributed by atoms with van der Waals surface area (Å²) in [5.74, 6) is 0.121. The first-order valence-corrected chi connectivity index (χ1v) is 3.56. The molecule has 0 bridgehead atoms. The molecule has 0 aromatic heterocycles. The van der Waals surface area contributed by atoms with Gasteiger partial charge in [0.2, 0.25) is 5.91 Å². The summed E-state index contributed by atoms with van der Waals surface area (Å²) >= 11 is 0. The van der Waals surface area contributed by atoms with Crippen molar-refractivity contribution in [3.63, 3.8) is 0 Å². The lowest BCUT2D eigenvalue weighted by Crippen LogP contribution is -2.24. The van der Waals surface area contributed by atoms with Crippen molar-refractivity contribution in [1.29, 1.82) is 0 Å². The van der Waals surface area contributed by atoms with Crippen molar-refractivity contribution in [2.45, 2.75) is 31.7 Å². The molecule has 1 aliphatic rings. The molecule has 3 nitrogen and oxygen atoms in total. The third-order valence-corrected chi connectivity index (χ3v) is 1.72. The summed E-state index contributed by atoms with van der Waals surface area (Å²) in [4.78, 5) is 20.5. The smallest absolute Gasteiger partial charge is 0.220 e. The van der Waals surface area contributed by atoms with Gasteiger partial charge in [-0.15, -0.1) is 0 Å². The van der Waals surface area contributed by atoms with Gasteiger partial charge in [0, 0.05) is 18.9 Å². The van der Waals surface area contributed by atoms with Crippen LogP contribution in [0, 0.1) is 0 Å². The van der Waals surface area contributed by atoms with Crippen LogP contribution in [0.3, 0.4) is 0 Å². The lowest BCUT2D eigenvalue weighted by atomic mass is 10.1. The zero-order valence-corrected chi connectivity index (χ0v) is 5.80. The highest BCUT2D eigenvalue weighted by Gasteiger charge is 2.19. The lowest BCUT2D eigenvalue weighted by Gasteiger charge is -2.05. The summed E-state index contributed by atoms with van der Waals surface area (Å²) in [7, 11) is 0. The Labute approximate surface area is 59.8 Å². The van der Waals surface area contributed by atoms with Crippen LogP contribution < -0.4 is 5.32 Å². The van der Waals surface area contributed by atoms with Crippen molar-refractivity contribution < 1.29 is 9.59 Å². The van der Waals surface area contributed by atoms with Crippen molar-refractivity contribution in [1.82, 2.24) is 5.32 Å². The van der Waals surface area contributed by atoms with E-state index in [1.807, 2.05) is 0 Å². The van der Waals surface area contributed by atoms with Gasteiger partial charge in [-0.3, -0.25) is 4.79 Å². The van der Waals surface area contributed by atoms with Gasteiger partial charge in [-0.2, -0.15) is 0 Å². The summed E-state index contributed by atoms with van der Waals surface area (Å²) in [6.07, 6.45) is 3.78. The number of carbonyl (C=O) groups excluding carboxylic acids is 2. The molecule has 0 radical (unpaired) electrons. The second kappa shape index (κ2) is 3.34. The van der Waals surface area contributed by atoms with E-state index in [9.17, 15) is 9.59 Å². The predicted octanol–water partition coefficient (Wildman–Crippen LogP) is 0.244. The van der Waals surface area contributed by atoms with Crippen molar-refractivity contribution in [2.24, 2.45) is 0 Å². The normalized spacial score (nSPS) is 24.4. The van der Waals surface area contributed by atoms with Crippen molar-refractivity contribution in [2.75, 3.05) is 0 Å². The summed E-state index contributed by atoms with van der Waals surface area (Å²) in [6.45, 7) is 0. The molecular formula is C7H11NO2. The van der Waals surface area contributed by atoms with Crippen LogP contribution in [0.15, 0.2) is 0 Å². The Morgan fingerprint density at radius 1 is 1.70 bits per heavy atom. The van der Waals surface area contributed by atoms with Crippen LogP contribution in [0.2, 0.25) is 0 Å². The summed E-state index contributed by atoms with van der Waals surface area (Å²) < 4.78 is 0. The molecule has 1 fully saturated rings. The van der Waals surface area contributed by atoms with E-state index in [0.29, 0.717) is 12.8 Å². The van der Waals surface area contributed by atoms with Crippen molar-refractivity contribution in [3.8, 4) is 0 Å². The van der Waals surface area contributed by atoms with Gasteiger partial charge in [-0.25, -0.2) is 0 Å². The number of rotatable bonds is 3. The maximum atomic E-state index is 10.6. The van der Waals surface area contributed by atoms with Crippen LogP contribution in [0.5, 0.6) is 0 Å². The third kappa shape index (κ3) is 1.83. The highest BCUT2D eigenvalue weighted by molar-refractivity contribution is 5.78. The average molecular weight is 141 g/mol. The molecule has 1 saturated heterocycles. The molecule has 1 atom stereocenters. The van der Waals surface area contributed by atoms with E-state index in [4.69, 9.17) is 0 Å². The van der Waals surface area contributed by atoms with Gasteiger partial charge < -0.3 is 10.1 Å². The molecule has 0 spiro atoms. The van der Waals surface area contributed by atoms with Crippen LogP contribution in [-0.2, 0) is 9.59 Å². The van der Waals surface area contributed by atoms with Crippen LogP contribution in [-0.4, -0.2) is 18.2 Å². The molecule has 3 heteroatoms. The Bertz CT molecular complexity index is 145. The van der Waals surface area contributed by atoms with Gasteiger partial charge in [0.25, 0.3) is 0 Å². The second-order valence-electron chi connectivity index (χ2n) is 2.55. The fraction of sp³-hybridized carbons (Fsp3) is 0.714. The zero-order chi connectivity index (χ0) is 7.40. The maximum Gasteiger partial charge on any atom is 0.220 e. The van der Waals surface area contributed by atoms with E-state index >= 15 is 0 Å². The fourth-order valence-corrected chi connectivity index (χ4v) is 1.16. The Kier molecular flexibility index (Phi) is 2.42. The van der Waals surface area contributed by atoms with E-state index in [1.54, 1.807) is 0 Å². The van der Waals surface area contributed by atoms with Gasteiger partial charge >= 0.3 is 0 Å². The number of carbonyl (C=O) groups is 2. The van der Waals surface area contributed by atoms with Crippen LogP contribution in [0.4, 0.5) is 0 Å². The quantitative estimate of drug-likeness (QED) is 0.572. The molecule has 1 heterocycles. The number of hydrogen-bond donors (Lipinski definition) is 1. The first-order chi connectivity index (χ1) is 4.83. The van der Waals surface area contributed by atoms with E-state index in [0.717, 1.165) is 19.1 Å². The van der Waals surface area contributed by atoms with Gasteiger partial charge in [0.15, 0.2) is 0 Å². The maximum absolute atomic E-state index is 10.6. The largest absolute Gasteiger partial charge is 0.353 e. The molecule has 10 heavy (non-hydrogen) atoms. The minimum Gasteiger partial charge on any atom is -0.353 e. The third-order valence-electron chi connectivity index (χ3n) is 1.72. The molecule has 0 aromatic rings. The van der Waals surface area contributed by atoms with Crippen LogP contribution >= 0.6 is 0 Å². The Hall–Kier alpha value is -0.860. The minimum atomic E-state index is 0.121. The van der Waals surface area contributed by atoms with Gasteiger partial charge in [-0.05, 0) is 12.8 Å². The summed E-state index contributed by atoms with van der Waals surface area (Å²) in [5.41, 5.74) is 0. The highest BCUT2D eigenvalue weighted by Crippen LogP contribution is 2.10. The molecule has 0 aromatic carbocycles. The van der Waals surface area contributed by atoms with Crippen LogP contribution in [0.1, 0.15) is 25.7 Å². The monoisotopic (exact) mass is 141 g/mol. The number of hydrogen-bond acceptors (Lipinski definition) is 2. The Morgan fingerprint density at radius 3 is 3.00 bits per heavy atom. The van der Waals surface area contributed by atoms with Crippen molar-refractivity contribution in [3.05, 3.63) is 0 Å². The average Bonchev–Trinajstić information content (AvgIpc) is 2.31. The van der Waals surface area contributed by atoms with Gasteiger partial charge in [-0.1, -0.05) is 0 Å². The predicted molar refractivity (Wildman–Crippen MR) is 36.5 cm³/mol. The van der Waals surface area contributed by atoms with Gasteiger partial charge in [0.1, 0.15) is 6.29 Å². The molecule has 1 aliphatic heterocycles. The van der Waals surface area contributed by atoms with Crippen molar-refractivity contribution >= 4 is 12.2 Å². The minimum absolute atomic E-state index is 0.121. The zero-order valence-electron chi connectivity index (χ0n) is 5.80. The fourth-order valence-electron chi connectivity index (χ4n) is 1.16. The Balaban J connectivity index is 2.18. The number of amides is 1. The molecule has 1 amide bonds. The molecule has 0 aliphatic carbocycles. The first kappa shape index (κ1) is 7.25. The molecule has 1 unspecified atom stereocenters. The highest BCUT2D eigenvalue weighted by atomic mass is 16.2. The topological polar surface area (TPSA) is 46.2 Å². The van der Waals surface area contributed by atoms with E-state index in [-0.39, 0.29) is 11.9 Å². The first-order valence-electron chi connectivity index (χ1n) is 3.56. The Morgan fingerprint density at radius 2 is 2.50 bits per heavy atom. The van der Waals surface area contributed by atoms with Crippen LogP contribution in [0.25, 0.3) is 0 Å². The van der Waals surface area contributed by atoms with E-state index in [2.05, 4.69) is 5.32 Å². The standard InChI is InChI=1S/C7H11NO2/c9-5-1-2-6-3-4-7(10)8-6/h5-6H,1-4H2,(H,8,10). The second-order valence-corrected chi connectivity index (χ2v) is 2.55. The van der Waals surface area contributed by atoms with E-state index < -0.39 is 0 Å². The molecule has 0 saturated carbocycles. The molecular weight excluding hydrogens is 130 g/mol. The summed E-state index contributed by atoms with van der Waals surface area (Å²) in [6, 6.07) is 0.262.